The fraction of sp³-hybridized carbons (Fsp3) is 0.125. The second-order valence-corrected chi connectivity index (χ2v) is 5.71. The molecule has 114 valence electrons. The van der Waals surface area contributed by atoms with Gasteiger partial charge in [0.1, 0.15) is 0 Å². The molecule has 0 aliphatic heterocycles. The van der Waals surface area contributed by atoms with E-state index in [0.717, 1.165) is 16.9 Å². The van der Waals surface area contributed by atoms with Crippen LogP contribution in [0.4, 0.5) is 11.4 Å². The Bertz CT molecular complexity index is 668. The lowest BCUT2D eigenvalue weighted by Crippen LogP contribution is -2.45. The maximum Gasteiger partial charge on any atom is 0.189 e. The number of rotatable bonds is 2. The molecule has 0 radical (unpaired) electrons. The number of hydrogen-bond donors (Lipinski definition) is 4. The highest BCUT2D eigenvalue weighted by Crippen LogP contribution is 2.09. The number of hydrogen-bond acceptors (Lipinski definition) is 2. The van der Waals surface area contributed by atoms with Crippen LogP contribution in [0.5, 0.6) is 0 Å². The van der Waals surface area contributed by atoms with Gasteiger partial charge in [-0.25, -0.2) is 0 Å². The number of benzene rings is 2. The molecule has 0 saturated heterocycles. The molecule has 0 unspecified atom stereocenters. The van der Waals surface area contributed by atoms with Crippen LogP contribution in [0, 0.1) is 13.8 Å². The van der Waals surface area contributed by atoms with Gasteiger partial charge in [0.2, 0.25) is 0 Å². The molecule has 0 fully saturated rings. The fourth-order valence-electron chi connectivity index (χ4n) is 1.80. The van der Waals surface area contributed by atoms with E-state index in [1.54, 1.807) is 0 Å². The van der Waals surface area contributed by atoms with Crippen LogP contribution in [-0.2, 0) is 0 Å². The van der Waals surface area contributed by atoms with E-state index in [4.69, 9.17) is 24.4 Å². The molecule has 22 heavy (non-hydrogen) atoms. The van der Waals surface area contributed by atoms with Gasteiger partial charge in [0, 0.05) is 11.4 Å². The fourth-order valence-corrected chi connectivity index (χ4v) is 2.14. The first-order valence-electron chi connectivity index (χ1n) is 6.80. The number of aryl methyl sites for hydroxylation is 2. The Kier molecular flexibility index (Phi) is 5.68. The van der Waals surface area contributed by atoms with Crippen molar-refractivity contribution in [1.29, 1.82) is 0 Å². The smallest absolute Gasteiger partial charge is 0.189 e. The monoisotopic (exact) mass is 330 g/mol. The first kappa shape index (κ1) is 16.2. The molecule has 0 bridgehead atoms. The average Bonchev–Trinajstić information content (AvgIpc) is 2.48. The van der Waals surface area contributed by atoms with E-state index in [1.807, 2.05) is 62.4 Å². The molecule has 0 aliphatic carbocycles. The summed E-state index contributed by atoms with van der Waals surface area (Å²) < 4.78 is 0. The van der Waals surface area contributed by atoms with E-state index in [1.165, 1.54) is 5.56 Å². The standard InChI is InChI=1S/C16H18N4S2/c1-11-6-8-13(9-7-11)17-15(21)19-20-16(22)18-14-5-3-4-12(2)10-14/h3-10H,1-2H3,(H2,17,19,21)(H2,18,20,22). The summed E-state index contributed by atoms with van der Waals surface area (Å²) in [6.07, 6.45) is 0. The van der Waals surface area contributed by atoms with Crippen LogP contribution < -0.4 is 21.5 Å². The van der Waals surface area contributed by atoms with Gasteiger partial charge in [-0.2, -0.15) is 0 Å². The van der Waals surface area contributed by atoms with Crippen LogP contribution in [0.25, 0.3) is 0 Å². The molecule has 0 amide bonds. The number of nitrogens with one attached hydrogen (secondary N) is 4. The minimum Gasteiger partial charge on any atom is -0.331 e. The maximum atomic E-state index is 5.21. The lowest BCUT2D eigenvalue weighted by Gasteiger charge is -2.14. The van der Waals surface area contributed by atoms with Crippen LogP contribution in [0.1, 0.15) is 11.1 Å². The molecule has 0 atom stereocenters. The highest BCUT2D eigenvalue weighted by molar-refractivity contribution is 7.81. The Morgan fingerprint density at radius 1 is 0.727 bits per heavy atom. The second-order valence-electron chi connectivity index (χ2n) is 4.89. The van der Waals surface area contributed by atoms with E-state index in [0.29, 0.717) is 10.2 Å². The Morgan fingerprint density at radius 3 is 1.91 bits per heavy atom. The van der Waals surface area contributed by atoms with Crippen molar-refractivity contribution in [2.75, 3.05) is 10.6 Å². The number of hydrazine groups is 1. The van der Waals surface area contributed by atoms with Gasteiger partial charge in [-0.1, -0.05) is 29.8 Å². The normalized spacial score (nSPS) is 9.73. The quantitative estimate of drug-likeness (QED) is 0.499. The SMILES string of the molecule is Cc1ccc(NC(=S)NNC(=S)Nc2cccc(C)c2)cc1. The van der Waals surface area contributed by atoms with E-state index in [2.05, 4.69) is 21.5 Å². The van der Waals surface area contributed by atoms with Gasteiger partial charge in [-0.15, -0.1) is 0 Å². The largest absolute Gasteiger partial charge is 0.331 e. The Hall–Kier alpha value is -2.18. The summed E-state index contributed by atoms with van der Waals surface area (Å²) in [6, 6.07) is 15.9. The van der Waals surface area contributed by atoms with E-state index >= 15 is 0 Å². The molecule has 0 heterocycles. The molecule has 4 N–H and O–H groups in total. The van der Waals surface area contributed by atoms with Gasteiger partial charge in [-0.05, 0) is 68.1 Å². The summed E-state index contributed by atoms with van der Waals surface area (Å²) in [6.45, 7) is 4.07. The zero-order valence-electron chi connectivity index (χ0n) is 12.4. The molecule has 2 aromatic carbocycles. The molecule has 2 rings (SSSR count). The van der Waals surface area contributed by atoms with Crippen LogP contribution in [0.3, 0.4) is 0 Å². The molecule has 6 heteroatoms. The van der Waals surface area contributed by atoms with Crippen molar-refractivity contribution < 1.29 is 0 Å². The second kappa shape index (κ2) is 7.72. The lowest BCUT2D eigenvalue weighted by molar-refractivity contribution is 0.885. The molecular weight excluding hydrogens is 312 g/mol. The average molecular weight is 330 g/mol. The molecule has 0 aliphatic rings. The van der Waals surface area contributed by atoms with Gasteiger partial charge in [0.25, 0.3) is 0 Å². The highest BCUT2D eigenvalue weighted by Gasteiger charge is 2.00. The molecule has 4 nitrogen and oxygen atoms in total. The molecular formula is C16H18N4S2. The summed E-state index contributed by atoms with van der Waals surface area (Å²) in [7, 11) is 0. The summed E-state index contributed by atoms with van der Waals surface area (Å²) >= 11 is 10.4. The van der Waals surface area contributed by atoms with Crippen molar-refractivity contribution in [1.82, 2.24) is 10.9 Å². The molecule has 0 spiro atoms. The number of thiocarbonyl (C=S) groups is 2. The van der Waals surface area contributed by atoms with Crippen molar-refractivity contribution >= 4 is 46.0 Å². The van der Waals surface area contributed by atoms with E-state index < -0.39 is 0 Å². The highest BCUT2D eigenvalue weighted by atomic mass is 32.1. The van der Waals surface area contributed by atoms with Crippen molar-refractivity contribution in [2.24, 2.45) is 0 Å². The van der Waals surface area contributed by atoms with Crippen molar-refractivity contribution in [2.45, 2.75) is 13.8 Å². The van der Waals surface area contributed by atoms with Gasteiger partial charge in [0.05, 0.1) is 0 Å². The first-order chi connectivity index (χ1) is 10.5. The molecule has 0 saturated carbocycles. The minimum atomic E-state index is 0.442. The summed E-state index contributed by atoms with van der Waals surface area (Å²) in [5.74, 6) is 0. The van der Waals surface area contributed by atoms with E-state index in [9.17, 15) is 0 Å². The molecule has 2 aromatic rings. The van der Waals surface area contributed by atoms with Crippen LogP contribution in [0.2, 0.25) is 0 Å². The number of anilines is 2. The summed E-state index contributed by atoms with van der Waals surface area (Å²) in [4.78, 5) is 0. The topological polar surface area (TPSA) is 48.1 Å². The van der Waals surface area contributed by atoms with Crippen LogP contribution in [0.15, 0.2) is 48.5 Å². The predicted molar refractivity (Wildman–Crippen MR) is 101 cm³/mol. The van der Waals surface area contributed by atoms with E-state index in [-0.39, 0.29) is 0 Å². The first-order valence-corrected chi connectivity index (χ1v) is 7.62. The molecule has 0 aromatic heterocycles. The third-order valence-electron chi connectivity index (χ3n) is 2.87. The van der Waals surface area contributed by atoms with Gasteiger partial charge < -0.3 is 10.6 Å². The van der Waals surface area contributed by atoms with Crippen molar-refractivity contribution in [3.05, 3.63) is 59.7 Å². The Morgan fingerprint density at radius 2 is 1.32 bits per heavy atom. The van der Waals surface area contributed by atoms with Crippen LogP contribution in [-0.4, -0.2) is 10.2 Å². The Labute approximate surface area is 141 Å². The Balaban J connectivity index is 1.78. The van der Waals surface area contributed by atoms with Gasteiger partial charge >= 0.3 is 0 Å². The minimum absolute atomic E-state index is 0.442. The summed E-state index contributed by atoms with van der Waals surface area (Å²) in [5, 5.41) is 7.03. The third-order valence-corrected chi connectivity index (χ3v) is 3.28. The van der Waals surface area contributed by atoms with Gasteiger partial charge in [-0.3, -0.25) is 10.9 Å². The third kappa shape index (κ3) is 5.31. The summed E-state index contributed by atoms with van der Waals surface area (Å²) in [5.41, 5.74) is 9.91. The van der Waals surface area contributed by atoms with Gasteiger partial charge in [0.15, 0.2) is 10.2 Å². The van der Waals surface area contributed by atoms with Crippen molar-refractivity contribution in [3.8, 4) is 0 Å². The zero-order chi connectivity index (χ0) is 15.9. The maximum absolute atomic E-state index is 5.21. The van der Waals surface area contributed by atoms with Crippen molar-refractivity contribution in [3.63, 3.8) is 0 Å². The zero-order valence-corrected chi connectivity index (χ0v) is 14.1. The van der Waals surface area contributed by atoms with Crippen LogP contribution >= 0.6 is 24.4 Å². The predicted octanol–water partition coefficient (Wildman–Crippen LogP) is 3.49. The lowest BCUT2D eigenvalue weighted by atomic mass is 10.2.